The van der Waals surface area contributed by atoms with Gasteiger partial charge in [-0.1, -0.05) is 0 Å². The molecule has 0 aliphatic carbocycles. The molecule has 0 spiro atoms. The van der Waals surface area contributed by atoms with Crippen LogP contribution in [-0.2, 0) is 14.8 Å². The summed E-state index contributed by atoms with van der Waals surface area (Å²) in [6, 6.07) is 0. The molecule has 0 heterocycles. The molecule has 0 saturated heterocycles. The fourth-order valence-electron chi connectivity index (χ4n) is 0.951. The fraction of sp³-hybridized carbons (Fsp3) is 1.00. The largest absolute Gasteiger partial charge is 0.377 e. The Kier molecular flexibility index (Phi) is 8.42. The Bertz CT molecular complexity index is 242. The Morgan fingerprint density at radius 3 is 2.53 bits per heavy atom. The van der Waals surface area contributed by atoms with E-state index in [4.69, 9.17) is 16.3 Å². The average Bonchev–Trinajstić information content (AvgIpc) is 2.13. The molecule has 0 aromatic rings. The van der Waals surface area contributed by atoms with Crippen LogP contribution in [0.15, 0.2) is 0 Å². The first-order chi connectivity index (χ1) is 6.98. The number of rotatable bonds is 9. The molecule has 0 aromatic carbocycles. The van der Waals surface area contributed by atoms with E-state index in [1.807, 2.05) is 13.8 Å². The third-order valence-electron chi connectivity index (χ3n) is 1.67. The van der Waals surface area contributed by atoms with Crippen molar-refractivity contribution in [2.45, 2.75) is 32.8 Å². The van der Waals surface area contributed by atoms with Gasteiger partial charge in [0.05, 0.1) is 18.5 Å². The molecule has 0 bridgehead atoms. The Balaban J connectivity index is 3.56. The first-order valence-corrected chi connectivity index (χ1v) is 7.31. The van der Waals surface area contributed by atoms with Crippen molar-refractivity contribution in [1.82, 2.24) is 4.72 Å². The second-order valence-electron chi connectivity index (χ2n) is 3.53. The number of hydrogen-bond donors (Lipinski definition) is 1. The minimum absolute atomic E-state index is 0.130. The predicted octanol–water partition coefficient (Wildman–Crippen LogP) is 1.35. The minimum atomic E-state index is -3.14. The summed E-state index contributed by atoms with van der Waals surface area (Å²) >= 11 is 5.46. The van der Waals surface area contributed by atoms with Gasteiger partial charge in [-0.3, -0.25) is 0 Å². The molecule has 0 saturated carbocycles. The summed E-state index contributed by atoms with van der Waals surface area (Å²) in [7, 11) is -3.14. The van der Waals surface area contributed by atoms with Crippen molar-refractivity contribution in [1.29, 1.82) is 0 Å². The number of hydrogen-bond acceptors (Lipinski definition) is 3. The molecular formula is C9H20ClNO3S. The van der Waals surface area contributed by atoms with Crippen molar-refractivity contribution in [3.05, 3.63) is 0 Å². The van der Waals surface area contributed by atoms with E-state index in [0.29, 0.717) is 25.5 Å². The van der Waals surface area contributed by atoms with Crippen LogP contribution in [0, 0.1) is 0 Å². The van der Waals surface area contributed by atoms with E-state index in [1.165, 1.54) is 0 Å². The second-order valence-corrected chi connectivity index (χ2v) is 5.83. The van der Waals surface area contributed by atoms with E-state index in [9.17, 15) is 8.42 Å². The van der Waals surface area contributed by atoms with E-state index < -0.39 is 10.0 Å². The van der Waals surface area contributed by atoms with E-state index in [2.05, 4.69) is 4.72 Å². The maximum Gasteiger partial charge on any atom is 0.211 e. The molecule has 0 rings (SSSR count). The summed E-state index contributed by atoms with van der Waals surface area (Å²) in [6.45, 7) is 4.57. The first kappa shape index (κ1) is 15.2. The predicted molar refractivity (Wildman–Crippen MR) is 62.8 cm³/mol. The van der Waals surface area contributed by atoms with E-state index in [0.717, 1.165) is 6.42 Å². The van der Waals surface area contributed by atoms with E-state index >= 15 is 0 Å². The summed E-state index contributed by atoms with van der Waals surface area (Å²) in [6.07, 6.45) is 1.46. The van der Waals surface area contributed by atoms with Gasteiger partial charge in [-0.2, -0.15) is 0 Å². The number of ether oxygens (including phenoxy) is 1. The third-order valence-corrected chi connectivity index (χ3v) is 3.41. The molecule has 0 aromatic heterocycles. The highest BCUT2D eigenvalue weighted by molar-refractivity contribution is 7.89. The van der Waals surface area contributed by atoms with E-state index in [1.54, 1.807) is 0 Å². The lowest BCUT2D eigenvalue weighted by molar-refractivity contribution is 0.0834. The smallest absolute Gasteiger partial charge is 0.211 e. The quantitative estimate of drug-likeness (QED) is 0.501. The molecule has 0 radical (unpaired) electrons. The lowest BCUT2D eigenvalue weighted by Gasteiger charge is -2.08. The van der Waals surface area contributed by atoms with E-state index in [-0.39, 0.29) is 11.9 Å². The average molecular weight is 258 g/mol. The van der Waals surface area contributed by atoms with Gasteiger partial charge in [0.25, 0.3) is 0 Å². The monoisotopic (exact) mass is 257 g/mol. The van der Waals surface area contributed by atoms with Crippen molar-refractivity contribution < 1.29 is 13.2 Å². The normalized spacial score (nSPS) is 12.3. The van der Waals surface area contributed by atoms with Crippen LogP contribution in [0.2, 0.25) is 0 Å². The summed E-state index contributed by atoms with van der Waals surface area (Å²) in [5, 5.41) is 0. The number of alkyl halides is 1. The summed E-state index contributed by atoms with van der Waals surface area (Å²) < 4.78 is 30.4. The van der Waals surface area contributed by atoms with Gasteiger partial charge in [-0.15, -0.1) is 11.6 Å². The number of nitrogens with one attached hydrogen (secondary N) is 1. The van der Waals surface area contributed by atoms with Crippen molar-refractivity contribution in [2.75, 3.05) is 24.8 Å². The highest BCUT2D eigenvalue weighted by Crippen LogP contribution is 1.96. The zero-order valence-corrected chi connectivity index (χ0v) is 10.9. The zero-order valence-electron chi connectivity index (χ0n) is 9.33. The maximum atomic E-state index is 11.3. The molecule has 0 atom stereocenters. The second kappa shape index (κ2) is 8.33. The molecule has 1 N–H and O–H groups in total. The van der Waals surface area contributed by atoms with Crippen LogP contribution in [0.5, 0.6) is 0 Å². The lowest BCUT2D eigenvalue weighted by Crippen LogP contribution is -2.30. The van der Waals surface area contributed by atoms with Crippen molar-refractivity contribution >= 4 is 21.6 Å². The van der Waals surface area contributed by atoms with Gasteiger partial charge in [0, 0.05) is 12.4 Å². The SMILES string of the molecule is CC(C)OCCNS(=O)(=O)CCCCCl. The van der Waals surface area contributed by atoms with Crippen LogP contribution in [0.3, 0.4) is 0 Å². The van der Waals surface area contributed by atoms with Gasteiger partial charge in [0.2, 0.25) is 10.0 Å². The lowest BCUT2D eigenvalue weighted by atomic mass is 10.4. The Labute approximate surface area is 97.4 Å². The number of halogens is 1. The third kappa shape index (κ3) is 10.4. The van der Waals surface area contributed by atoms with Gasteiger partial charge >= 0.3 is 0 Å². The highest BCUT2D eigenvalue weighted by atomic mass is 35.5. The highest BCUT2D eigenvalue weighted by Gasteiger charge is 2.08. The van der Waals surface area contributed by atoms with Crippen molar-refractivity contribution in [3.8, 4) is 0 Å². The van der Waals surface area contributed by atoms with Gasteiger partial charge in [0.1, 0.15) is 0 Å². The molecule has 0 aliphatic heterocycles. The molecule has 15 heavy (non-hydrogen) atoms. The van der Waals surface area contributed by atoms with Crippen LogP contribution in [0.25, 0.3) is 0 Å². The standard InChI is InChI=1S/C9H20ClNO3S/c1-9(2)14-7-6-11-15(12,13)8-4-3-5-10/h9,11H,3-8H2,1-2H3. The van der Waals surface area contributed by atoms with Crippen LogP contribution in [0.4, 0.5) is 0 Å². The molecule has 6 heteroatoms. The molecule has 0 amide bonds. The molecule has 0 unspecified atom stereocenters. The van der Waals surface area contributed by atoms with Crippen molar-refractivity contribution in [2.24, 2.45) is 0 Å². The van der Waals surface area contributed by atoms with Crippen molar-refractivity contribution in [3.63, 3.8) is 0 Å². The van der Waals surface area contributed by atoms with Gasteiger partial charge < -0.3 is 4.74 Å². The van der Waals surface area contributed by atoms with Gasteiger partial charge in [0.15, 0.2) is 0 Å². The topological polar surface area (TPSA) is 55.4 Å². The van der Waals surface area contributed by atoms with Crippen LogP contribution in [-0.4, -0.2) is 39.3 Å². The van der Waals surface area contributed by atoms with Gasteiger partial charge in [-0.05, 0) is 26.7 Å². The minimum Gasteiger partial charge on any atom is -0.377 e. The van der Waals surface area contributed by atoms with Crippen LogP contribution >= 0.6 is 11.6 Å². The first-order valence-electron chi connectivity index (χ1n) is 5.13. The molecule has 92 valence electrons. The summed E-state index contributed by atoms with van der Waals surface area (Å²) in [5.74, 6) is 0.646. The molecular weight excluding hydrogens is 238 g/mol. The van der Waals surface area contributed by atoms with Crippen LogP contribution < -0.4 is 4.72 Å². The Hall–Kier alpha value is 0.160. The number of unbranched alkanes of at least 4 members (excludes halogenated alkanes) is 1. The molecule has 4 nitrogen and oxygen atoms in total. The van der Waals surface area contributed by atoms with Gasteiger partial charge in [-0.25, -0.2) is 13.1 Å². The molecule has 0 fully saturated rings. The number of sulfonamides is 1. The summed E-state index contributed by atoms with van der Waals surface area (Å²) in [4.78, 5) is 0. The fourth-order valence-corrected chi connectivity index (χ4v) is 2.26. The molecule has 0 aliphatic rings. The Morgan fingerprint density at radius 2 is 2.00 bits per heavy atom. The maximum absolute atomic E-state index is 11.3. The Morgan fingerprint density at radius 1 is 1.33 bits per heavy atom. The summed E-state index contributed by atoms with van der Waals surface area (Å²) in [5.41, 5.74) is 0. The zero-order chi connectivity index (χ0) is 11.7. The van der Waals surface area contributed by atoms with Crippen LogP contribution in [0.1, 0.15) is 26.7 Å².